The number of fused-ring (bicyclic) bond motifs is 2. The molecule has 0 aliphatic carbocycles. The van der Waals surface area contributed by atoms with Gasteiger partial charge in [-0.05, 0) is 30.7 Å². The zero-order valence-electron chi connectivity index (χ0n) is 15.5. The van der Waals surface area contributed by atoms with E-state index in [-0.39, 0.29) is 34.0 Å². The topological polar surface area (TPSA) is 137 Å². The molecule has 0 bridgehead atoms. The molecule has 0 radical (unpaired) electrons. The van der Waals surface area contributed by atoms with Crippen molar-refractivity contribution in [2.24, 2.45) is 0 Å². The molecule has 0 saturated heterocycles. The van der Waals surface area contributed by atoms with E-state index in [1.54, 1.807) is 48.5 Å². The summed E-state index contributed by atoms with van der Waals surface area (Å²) in [6.07, 6.45) is 0.595. The van der Waals surface area contributed by atoms with Gasteiger partial charge in [-0.1, -0.05) is 24.3 Å². The molecule has 0 spiro atoms. The number of para-hydroxylation sites is 2. The van der Waals surface area contributed by atoms with Crippen molar-refractivity contribution < 1.29 is 8.83 Å². The monoisotopic (exact) mass is 392 g/mol. The first-order valence-corrected chi connectivity index (χ1v) is 9.16. The van der Waals surface area contributed by atoms with Crippen LogP contribution in [0.3, 0.4) is 0 Å². The van der Waals surface area contributed by atoms with Gasteiger partial charge in [0.25, 0.3) is 0 Å². The number of anilines is 4. The smallest absolute Gasteiger partial charge is 0.218 e. The Hall–Kier alpha value is -3.94. The first-order chi connectivity index (χ1) is 14.1. The van der Waals surface area contributed by atoms with Gasteiger partial charge in [-0.2, -0.15) is 0 Å². The number of nitrogen functional groups attached to an aromatic ring is 2. The standard InChI is InChI=1S/C21H20N4O4/c22-20-16(18(26)12-6-1-3-8-14(12)28-20)24-10-5-11-25-17-19(27)13-7-2-4-9-15(13)29-21(17)23/h1-4,6-9,24-25H,5,10-11,22-23H2. The van der Waals surface area contributed by atoms with Crippen molar-refractivity contribution in [1.82, 2.24) is 0 Å². The van der Waals surface area contributed by atoms with E-state index in [2.05, 4.69) is 10.6 Å². The third-order valence-corrected chi connectivity index (χ3v) is 4.61. The minimum Gasteiger partial charge on any atom is -0.438 e. The summed E-state index contributed by atoms with van der Waals surface area (Å²) in [5.74, 6) is 0.0853. The van der Waals surface area contributed by atoms with E-state index in [1.165, 1.54) is 0 Å². The van der Waals surface area contributed by atoms with Gasteiger partial charge in [0.05, 0.1) is 10.8 Å². The average molecular weight is 392 g/mol. The molecule has 8 nitrogen and oxygen atoms in total. The Kier molecular flexibility index (Phi) is 4.82. The van der Waals surface area contributed by atoms with Gasteiger partial charge in [-0.25, -0.2) is 0 Å². The Bertz CT molecular complexity index is 1210. The average Bonchev–Trinajstić information content (AvgIpc) is 2.72. The van der Waals surface area contributed by atoms with E-state index < -0.39 is 0 Å². The molecule has 0 unspecified atom stereocenters. The maximum Gasteiger partial charge on any atom is 0.218 e. The minimum atomic E-state index is -0.211. The van der Waals surface area contributed by atoms with E-state index in [9.17, 15) is 9.59 Å². The van der Waals surface area contributed by atoms with Gasteiger partial charge in [0.2, 0.25) is 22.6 Å². The van der Waals surface area contributed by atoms with Gasteiger partial charge in [-0.15, -0.1) is 0 Å². The Balaban J connectivity index is 1.42. The van der Waals surface area contributed by atoms with Crippen molar-refractivity contribution >= 4 is 45.1 Å². The van der Waals surface area contributed by atoms with E-state index in [4.69, 9.17) is 20.3 Å². The Labute approximate surface area is 165 Å². The van der Waals surface area contributed by atoms with Crippen LogP contribution >= 0.6 is 0 Å². The molecule has 2 heterocycles. The van der Waals surface area contributed by atoms with Crippen LogP contribution in [0.25, 0.3) is 21.9 Å². The van der Waals surface area contributed by atoms with Crippen molar-refractivity contribution in [1.29, 1.82) is 0 Å². The molecule has 2 aromatic carbocycles. The second kappa shape index (κ2) is 7.59. The number of rotatable bonds is 6. The highest BCUT2D eigenvalue weighted by atomic mass is 16.3. The lowest BCUT2D eigenvalue weighted by Gasteiger charge is -2.11. The van der Waals surface area contributed by atoms with Crippen LogP contribution in [0.15, 0.2) is 67.0 Å². The third kappa shape index (κ3) is 3.47. The number of nitrogens with two attached hydrogens (primary N) is 2. The fourth-order valence-corrected chi connectivity index (χ4v) is 3.17. The highest BCUT2D eigenvalue weighted by molar-refractivity contribution is 5.84. The lowest BCUT2D eigenvalue weighted by molar-refractivity contribution is 0.625. The van der Waals surface area contributed by atoms with Crippen molar-refractivity contribution in [2.75, 3.05) is 35.2 Å². The van der Waals surface area contributed by atoms with Gasteiger partial charge >= 0.3 is 0 Å². The molecule has 0 aliphatic heterocycles. The highest BCUT2D eigenvalue weighted by Gasteiger charge is 2.13. The summed E-state index contributed by atoms with van der Waals surface area (Å²) in [5.41, 5.74) is 12.7. The zero-order chi connectivity index (χ0) is 20.4. The zero-order valence-corrected chi connectivity index (χ0v) is 15.5. The SMILES string of the molecule is Nc1oc2ccccc2c(=O)c1NCCCNc1c(N)oc2ccccc2c1=O. The van der Waals surface area contributed by atoms with E-state index >= 15 is 0 Å². The number of nitrogens with one attached hydrogen (secondary N) is 2. The summed E-state index contributed by atoms with van der Waals surface area (Å²) >= 11 is 0. The van der Waals surface area contributed by atoms with E-state index in [1.807, 2.05) is 0 Å². The molecule has 0 amide bonds. The summed E-state index contributed by atoms with van der Waals surface area (Å²) in [7, 11) is 0. The summed E-state index contributed by atoms with van der Waals surface area (Å²) < 4.78 is 11.0. The molecule has 4 rings (SSSR count). The fraction of sp³-hybridized carbons (Fsp3) is 0.143. The van der Waals surface area contributed by atoms with Crippen LogP contribution in [0.1, 0.15) is 6.42 Å². The minimum absolute atomic E-state index is 0.0427. The van der Waals surface area contributed by atoms with Crippen molar-refractivity contribution in [2.45, 2.75) is 6.42 Å². The fourth-order valence-electron chi connectivity index (χ4n) is 3.17. The molecule has 148 valence electrons. The van der Waals surface area contributed by atoms with Crippen LogP contribution in [0.4, 0.5) is 23.1 Å². The number of hydrogen-bond acceptors (Lipinski definition) is 8. The number of hydrogen-bond donors (Lipinski definition) is 4. The Morgan fingerprint density at radius 3 is 1.55 bits per heavy atom. The van der Waals surface area contributed by atoms with Crippen LogP contribution in [-0.2, 0) is 0 Å². The Morgan fingerprint density at radius 1 is 0.690 bits per heavy atom. The molecule has 29 heavy (non-hydrogen) atoms. The van der Waals surface area contributed by atoms with Gasteiger partial charge in [0.15, 0.2) is 0 Å². The van der Waals surface area contributed by atoms with E-state index in [0.29, 0.717) is 41.4 Å². The molecule has 0 fully saturated rings. The molecule has 6 N–H and O–H groups in total. The second-order valence-electron chi connectivity index (χ2n) is 6.54. The van der Waals surface area contributed by atoms with Gasteiger partial charge in [0.1, 0.15) is 22.5 Å². The molecule has 2 aromatic heterocycles. The maximum absolute atomic E-state index is 12.6. The normalized spacial score (nSPS) is 11.0. The van der Waals surface area contributed by atoms with Crippen molar-refractivity contribution in [3.05, 3.63) is 69.0 Å². The van der Waals surface area contributed by atoms with Crippen LogP contribution in [0.5, 0.6) is 0 Å². The molecule has 0 saturated carbocycles. The summed E-state index contributed by atoms with van der Waals surface area (Å²) in [5, 5.41) is 6.95. The summed E-state index contributed by atoms with van der Waals surface area (Å²) in [6.45, 7) is 0.887. The van der Waals surface area contributed by atoms with Gasteiger partial charge < -0.3 is 30.9 Å². The van der Waals surface area contributed by atoms with Crippen LogP contribution in [-0.4, -0.2) is 13.1 Å². The molecule has 0 aliphatic rings. The van der Waals surface area contributed by atoms with Crippen molar-refractivity contribution in [3.63, 3.8) is 0 Å². The first-order valence-electron chi connectivity index (χ1n) is 9.16. The predicted octanol–water partition coefficient (Wildman–Crippen LogP) is 2.98. The first kappa shape index (κ1) is 18.4. The molecule has 8 heteroatoms. The summed E-state index contributed by atoms with van der Waals surface area (Å²) in [6, 6.07) is 13.9. The third-order valence-electron chi connectivity index (χ3n) is 4.61. The quantitative estimate of drug-likeness (QED) is 0.368. The van der Waals surface area contributed by atoms with Crippen molar-refractivity contribution in [3.8, 4) is 0 Å². The second-order valence-corrected chi connectivity index (χ2v) is 6.54. The molecular formula is C21H20N4O4. The van der Waals surface area contributed by atoms with Crippen LogP contribution in [0.2, 0.25) is 0 Å². The lowest BCUT2D eigenvalue weighted by Crippen LogP contribution is -2.19. The summed E-state index contributed by atoms with van der Waals surface area (Å²) in [4.78, 5) is 25.1. The highest BCUT2D eigenvalue weighted by Crippen LogP contribution is 2.22. The molecular weight excluding hydrogens is 372 g/mol. The molecule has 0 atom stereocenters. The van der Waals surface area contributed by atoms with Gasteiger partial charge in [-0.3, -0.25) is 9.59 Å². The van der Waals surface area contributed by atoms with Crippen LogP contribution < -0.4 is 33.0 Å². The largest absolute Gasteiger partial charge is 0.438 e. The number of benzene rings is 2. The lowest BCUT2D eigenvalue weighted by atomic mass is 10.2. The predicted molar refractivity (Wildman–Crippen MR) is 115 cm³/mol. The molecule has 4 aromatic rings. The van der Waals surface area contributed by atoms with Gasteiger partial charge in [0, 0.05) is 13.1 Å². The Morgan fingerprint density at radius 2 is 1.10 bits per heavy atom. The maximum atomic E-state index is 12.6. The van der Waals surface area contributed by atoms with Crippen LogP contribution in [0, 0.1) is 0 Å². The van der Waals surface area contributed by atoms with E-state index in [0.717, 1.165) is 0 Å².